The summed E-state index contributed by atoms with van der Waals surface area (Å²) in [5.74, 6) is -0.839. The van der Waals surface area contributed by atoms with Gasteiger partial charge in [-0.2, -0.15) is 0 Å². The van der Waals surface area contributed by atoms with Crippen LogP contribution in [-0.2, 0) is 19.8 Å². The number of amides is 1. The van der Waals surface area contributed by atoms with Crippen LogP contribution in [0.4, 0.5) is 5.69 Å². The molecule has 4 heteroatoms. The Morgan fingerprint density at radius 3 is 2.28 bits per heavy atom. The van der Waals surface area contributed by atoms with Crippen LogP contribution in [0.5, 0.6) is 0 Å². The van der Waals surface area contributed by atoms with Crippen LogP contribution in [-0.4, -0.2) is 24.5 Å². The molecule has 0 saturated heterocycles. The summed E-state index contributed by atoms with van der Waals surface area (Å²) in [5.41, 5.74) is 1.04. The van der Waals surface area contributed by atoms with Gasteiger partial charge in [0, 0.05) is 23.9 Å². The van der Waals surface area contributed by atoms with Crippen LogP contribution in [0.2, 0.25) is 0 Å². The minimum atomic E-state index is -1.30. The molecule has 122 valence electrons. The molecule has 4 nitrogen and oxygen atoms in total. The van der Waals surface area contributed by atoms with E-state index in [2.05, 4.69) is 0 Å². The van der Waals surface area contributed by atoms with Gasteiger partial charge in [0.1, 0.15) is 5.41 Å². The molecule has 0 saturated carbocycles. The van der Waals surface area contributed by atoms with Gasteiger partial charge in [-0.25, -0.2) is 0 Å². The van der Waals surface area contributed by atoms with Crippen molar-refractivity contribution in [1.82, 2.24) is 0 Å². The monoisotopic (exact) mass is 329 g/mol. The first-order chi connectivity index (χ1) is 12.1. The maximum Gasteiger partial charge on any atom is 0.246 e. The van der Waals surface area contributed by atoms with Gasteiger partial charge in [0.05, 0.1) is 0 Å². The number of likely N-dealkylation sites (N-methyl/N-ethyl adjacent to an activating group) is 1. The molecule has 25 heavy (non-hydrogen) atoms. The first-order valence-corrected chi connectivity index (χ1v) is 7.98. The Labute approximate surface area is 145 Å². The highest BCUT2D eigenvalue weighted by molar-refractivity contribution is 6.25. The van der Waals surface area contributed by atoms with Crippen LogP contribution in [0.25, 0.3) is 0 Å². The van der Waals surface area contributed by atoms with Crippen LogP contribution in [0.15, 0.2) is 78.4 Å². The van der Waals surface area contributed by atoms with Crippen molar-refractivity contribution in [3.05, 3.63) is 89.5 Å². The zero-order valence-corrected chi connectivity index (χ0v) is 13.6. The van der Waals surface area contributed by atoms with E-state index in [0.29, 0.717) is 5.56 Å². The first kappa shape index (κ1) is 15.3. The third-order valence-corrected chi connectivity index (χ3v) is 4.86. The molecule has 0 bridgehead atoms. The molecule has 1 unspecified atom stereocenters. The van der Waals surface area contributed by atoms with E-state index in [9.17, 15) is 14.4 Å². The first-order valence-electron chi connectivity index (χ1n) is 7.98. The SMILES string of the molecule is CN1C(=O)C(C2=CC(=O)C=CC2=O)(c2ccccc2)c2ccccc21. The molecule has 0 N–H and O–H groups in total. The predicted molar refractivity (Wildman–Crippen MR) is 94.3 cm³/mol. The number of hydrogen-bond acceptors (Lipinski definition) is 3. The van der Waals surface area contributed by atoms with E-state index in [1.54, 1.807) is 11.9 Å². The second-order valence-electron chi connectivity index (χ2n) is 6.16. The van der Waals surface area contributed by atoms with Crippen molar-refractivity contribution in [2.45, 2.75) is 5.41 Å². The highest BCUT2D eigenvalue weighted by atomic mass is 16.2. The molecule has 0 aromatic heterocycles. The Hall–Kier alpha value is -3.27. The topological polar surface area (TPSA) is 54.5 Å². The highest BCUT2D eigenvalue weighted by Gasteiger charge is 2.55. The summed E-state index contributed by atoms with van der Waals surface area (Å²) in [6.07, 6.45) is 3.78. The summed E-state index contributed by atoms with van der Waals surface area (Å²) in [6, 6.07) is 16.6. The number of rotatable bonds is 2. The van der Waals surface area contributed by atoms with E-state index in [-0.39, 0.29) is 23.0 Å². The van der Waals surface area contributed by atoms with Crippen molar-refractivity contribution >= 4 is 23.2 Å². The number of nitrogens with zero attached hydrogens (tertiary/aromatic N) is 1. The number of carbonyl (C=O) groups excluding carboxylic acids is 3. The average Bonchev–Trinajstić information content (AvgIpc) is 2.87. The number of para-hydroxylation sites is 1. The lowest BCUT2D eigenvalue weighted by Gasteiger charge is -2.31. The van der Waals surface area contributed by atoms with Crippen molar-refractivity contribution in [2.24, 2.45) is 0 Å². The smallest absolute Gasteiger partial charge is 0.246 e. The molecule has 2 aromatic carbocycles. The summed E-state index contributed by atoms with van der Waals surface area (Å²) in [6.45, 7) is 0. The highest BCUT2D eigenvalue weighted by Crippen LogP contribution is 2.50. The van der Waals surface area contributed by atoms with Gasteiger partial charge in [-0.05, 0) is 29.9 Å². The molecule has 1 aliphatic heterocycles. The Morgan fingerprint density at radius 2 is 1.52 bits per heavy atom. The van der Waals surface area contributed by atoms with Gasteiger partial charge in [0.15, 0.2) is 11.6 Å². The molecule has 0 radical (unpaired) electrons. The molecule has 1 atom stereocenters. The fourth-order valence-corrected chi connectivity index (χ4v) is 3.74. The van der Waals surface area contributed by atoms with Gasteiger partial charge >= 0.3 is 0 Å². The molecule has 1 heterocycles. The zero-order valence-electron chi connectivity index (χ0n) is 13.6. The Balaban J connectivity index is 2.11. The molecule has 4 rings (SSSR count). The number of benzene rings is 2. The largest absolute Gasteiger partial charge is 0.314 e. The van der Waals surface area contributed by atoms with Crippen LogP contribution in [0, 0.1) is 0 Å². The van der Waals surface area contributed by atoms with Crippen molar-refractivity contribution in [1.29, 1.82) is 0 Å². The number of ketones is 2. The molecule has 1 aliphatic carbocycles. The molecular weight excluding hydrogens is 314 g/mol. The molecular formula is C21H15NO3. The van der Waals surface area contributed by atoms with E-state index in [0.717, 1.165) is 11.3 Å². The fourth-order valence-electron chi connectivity index (χ4n) is 3.74. The molecule has 0 spiro atoms. The number of allylic oxidation sites excluding steroid dienone is 3. The third-order valence-electron chi connectivity index (χ3n) is 4.86. The van der Waals surface area contributed by atoms with Crippen molar-refractivity contribution in [2.75, 3.05) is 11.9 Å². The summed E-state index contributed by atoms with van der Waals surface area (Å²) >= 11 is 0. The van der Waals surface area contributed by atoms with Crippen LogP contribution < -0.4 is 4.90 Å². The van der Waals surface area contributed by atoms with Crippen molar-refractivity contribution in [3.63, 3.8) is 0 Å². The van der Waals surface area contributed by atoms with E-state index < -0.39 is 5.41 Å². The number of carbonyl (C=O) groups is 3. The van der Waals surface area contributed by atoms with Gasteiger partial charge in [-0.3, -0.25) is 14.4 Å². The molecule has 2 aliphatic rings. The van der Waals surface area contributed by atoms with Gasteiger partial charge < -0.3 is 4.90 Å². The zero-order chi connectivity index (χ0) is 17.6. The lowest BCUT2D eigenvalue weighted by molar-refractivity contribution is -0.122. The van der Waals surface area contributed by atoms with E-state index in [1.807, 2.05) is 54.6 Å². The molecule has 1 amide bonds. The minimum Gasteiger partial charge on any atom is -0.314 e. The third kappa shape index (κ3) is 1.97. The van der Waals surface area contributed by atoms with Crippen LogP contribution in [0.1, 0.15) is 11.1 Å². The number of anilines is 1. The Morgan fingerprint density at radius 1 is 0.840 bits per heavy atom. The molecule has 2 aromatic rings. The lowest BCUT2D eigenvalue weighted by Crippen LogP contribution is -2.44. The fraction of sp³-hybridized carbons (Fsp3) is 0.0952. The van der Waals surface area contributed by atoms with Gasteiger partial charge in [-0.1, -0.05) is 48.5 Å². The summed E-state index contributed by atoms with van der Waals surface area (Å²) < 4.78 is 0. The Kier molecular flexibility index (Phi) is 3.29. The second-order valence-corrected chi connectivity index (χ2v) is 6.16. The van der Waals surface area contributed by atoms with Crippen molar-refractivity contribution < 1.29 is 14.4 Å². The maximum atomic E-state index is 13.4. The summed E-state index contributed by atoms with van der Waals surface area (Å²) in [4.78, 5) is 39.7. The van der Waals surface area contributed by atoms with Gasteiger partial charge in [-0.15, -0.1) is 0 Å². The molecule has 0 fully saturated rings. The average molecular weight is 329 g/mol. The normalized spacial score (nSPS) is 22.2. The number of fused-ring (bicyclic) bond motifs is 1. The Bertz CT molecular complexity index is 972. The van der Waals surface area contributed by atoms with E-state index in [1.165, 1.54) is 18.2 Å². The van der Waals surface area contributed by atoms with E-state index >= 15 is 0 Å². The minimum absolute atomic E-state index is 0.202. The van der Waals surface area contributed by atoms with Crippen molar-refractivity contribution in [3.8, 4) is 0 Å². The number of hydrogen-bond donors (Lipinski definition) is 0. The van der Waals surface area contributed by atoms with Gasteiger partial charge in [0.25, 0.3) is 0 Å². The second kappa shape index (κ2) is 5.38. The standard InChI is InChI=1S/C21H15NO3/c1-22-18-10-6-5-9-16(18)21(20(22)25,14-7-3-2-4-8-14)17-13-15(23)11-12-19(17)24/h2-13H,1H3. The van der Waals surface area contributed by atoms with Gasteiger partial charge in [0.2, 0.25) is 5.91 Å². The summed E-state index contributed by atoms with van der Waals surface area (Å²) in [5, 5.41) is 0. The van der Waals surface area contributed by atoms with E-state index in [4.69, 9.17) is 0 Å². The van der Waals surface area contributed by atoms with Crippen LogP contribution in [0.3, 0.4) is 0 Å². The quantitative estimate of drug-likeness (QED) is 0.796. The maximum absolute atomic E-state index is 13.4. The predicted octanol–water partition coefficient (Wildman–Crippen LogP) is 2.58. The van der Waals surface area contributed by atoms with Crippen LogP contribution >= 0.6 is 0 Å². The lowest BCUT2D eigenvalue weighted by atomic mass is 9.67. The summed E-state index contributed by atoms with van der Waals surface area (Å²) in [7, 11) is 1.69.